The Kier molecular flexibility index (Phi) is 3.70. The van der Waals surface area contributed by atoms with Crippen LogP contribution in [0.3, 0.4) is 0 Å². The van der Waals surface area contributed by atoms with Gasteiger partial charge in [-0.1, -0.05) is 6.42 Å². The summed E-state index contributed by atoms with van der Waals surface area (Å²) in [4.78, 5) is 16.8. The summed E-state index contributed by atoms with van der Waals surface area (Å²) in [6.45, 7) is 6.41. The van der Waals surface area contributed by atoms with Gasteiger partial charge in [-0.05, 0) is 57.5 Å². The molecular weight excluding hydrogens is 264 g/mol. The van der Waals surface area contributed by atoms with Crippen LogP contribution in [0.25, 0.3) is 0 Å². The van der Waals surface area contributed by atoms with Crippen LogP contribution in [0.5, 0.6) is 0 Å². The first-order valence-corrected chi connectivity index (χ1v) is 8.89. The van der Waals surface area contributed by atoms with E-state index in [4.69, 9.17) is 4.74 Å². The number of carbonyl (C=O) groups is 1. The van der Waals surface area contributed by atoms with Gasteiger partial charge in [0.05, 0.1) is 19.7 Å². The molecule has 3 heterocycles. The largest absolute Gasteiger partial charge is 0.371 e. The van der Waals surface area contributed by atoms with Gasteiger partial charge in [0.15, 0.2) is 0 Å². The highest BCUT2D eigenvalue weighted by atomic mass is 16.5. The molecule has 118 valence electrons. The van der Waals surface area contributed by atoms with Gasteiger partial charge in [0.1, 0.15) is 5.60 Å². The topological polar surface area (TPSA) is 32.8 Å². The van der Waals surface area contributed by atoms with Crippen LogP contribution in [-0.4, -0.2) is 60.6 Å². The predicted octanol–water partition coefficient (Wildman–Crippen LogP) is 1.89. The fourth-order valence-electron chi connectivity index (χ4n) is 4.36. The summed E-state index contributed by atoms with van der Waals surface area (Å²) in [6.07, 6.45) is 8.64. The smallest absolute Gasteiger partial charge is 0.225 e. The summed E-state index contributed by atoms with van der Waals surface area (Å²) in [5.74, 6) is 1.45. The molecule has 0 aromatic carbocycles. The highest BCUT2D eigenvalue weighted by Gasteiger charge is 2.49. The average molecular weight is 292 g/mol. The highest BCUT2D eigenvalue weighted by Crippen LogP contribution is 2.39. The first kappa shape index (κ1) is 14.0. The maximum atomic E-state index is 12.2. The first-order chi connectivity index (χ1) is 10.2. The van der Waals surface area contributed by atoms with E-state index in [0.717, 1.165) is 39.0 Å². The van der Waals surface area contributed by atoms with Gasteiger partial charge in [-0.2, -0.15) is 0 Å². The molecule has 4 rings (SSSR count). The van der Waals surface area contributed by atoms with Crippen LogP contribution >= 0.6 is 0 Å². The van der Waals surface area contributed by atoms with Crippen molar-refractivity contribution in [2.24, 2.45) is 11.8 Å². The molecule has 4 heteroatoms. The van der Waals surface area contributed by atoms with Gasteiger partial charge in [0.25, 0.3) is 0 Å². The summed E-state index contributed by atoms with van der Waals surface area (Å²) in [6, 6.07) is 0. The molecule has 1 amide bonds. The maximum Gasteiger partial charge on any atom is 0.225 e. The van der Waals surface area contributed by atoms with Crippen LogP contribution < -0.4 is 0 Å². The molecule has 0 bridgehead atoms. The average Bonchev–Trinajstić information content (AvgIpc) is 2.88. The van der Waals surface area contributed by atoms with Crippen molar-refractivity contribution in [3.8, 4) is 0 Å². The van der Waals surface area contributed by atoms with Gasteiger partial charge in [0, 0.05) is 12.5 Å². The van der Waals surface area contributed by atoms with E-state index in [1.54, 1.807) is 0 Å². The molecule has 3 saturated heterocycles. The molecule has 0 radical (unpaired) electrons. The molecule has 0 aromatic rings. The first-order valence-electron chi connectivity index (χ1n) is 8.89. The Balaban J connectivity index is 1.22. The number of nitrogens with zero attached hydrogens (tertiary/aromatic N) is 2. The predicted molar refractivity (Wildman–Crippen MR) is 81.0 cm³/mol. The van der Waals surface area contributed by atoms with Crippen molar-refractivity contribution in [1.82, 2.24) is 9.80 Å². The molecule has 21 heavy (non-hydrogen) atoms. The van der Waals surface area contributed by atoms with E-state index in [1.165, 1.54) is 45.3 Å². The lowest BCUT2D eigenvalue weighted by molar-refractivity contribution is -0.193. The Morgan fingerprint density at radius 2 is 1.86 bits per heavy atom. The number of rotatable bonds is 3. The molecule has 4 fully saturated rings. The zero-order valence-electron chi connectivity index (χ0n) is 13.1. The number of amides is 1. The van der Waals surface area contributed by atoms with E-state index in [-0.39, 0.29) is 5.60 Å². The van der Waals surface area contributed by atoms with Crippen LogP contribution in [-0.2, 0) is 9.53 Å². The quantitative estimate of drug-likeness (QED) is 0.796. The number of hydrogen-bond acceptors (Lipinski definition) is 3. The van der Waals surface area contributed by atoms with Gasteiger partial charge >= 0.3 is 0 Å². The molecule has 1 spiro atoms. The fraction of sp³-hybridized carbons (Fsp3) is 0.941. The lowest BCUT2D eigenvalue weighted by Crippen LogP contribution is -2.67. The molecule has 1 atom stereocenters. The highest BCUT2D eigenvalue weighted by molar-refractivity contribution is 5.80. The number of ether oxygens (including phenoxy) is 1. The zero-order chi connectivity index (χ0) is 14.3. The number of hydrogen-bond donors (Lipinski definition) is 0. The third-order valence-corrected chi connectivity index (χ3v) is 6.07. The van der Waals surface area contributed by atoms with Gasteiger partial charge in [-0.15, -0.1) is 0 Å². The van der Waals surface area contributed by atoms with E-state index in [0.29, 0.717) is 17.7 Å². The van der Waals surface area contributed by atoms with Crippen molar-refractivity contribution in [2.45, 2.75) is 50.5 Å². The van der Waals surface area contributed by atoms with E-state index < -0.39 is 0 Å². The van der Waals surface area contributed by atoms with Crippen LogP contribution in [0.1, 0.15) is 44.9 Å². The van der Waals surface area contributed by atoms with Gasteiger partial charge in [-0.3, -0.25) is 4.79 Å². The van der Waals surface area contributed by atoms with Crippen LogP contribution in [0.2, 0.25) is 0 Å². The normalized spacial score (nSPS) is 33.0. The van der Waals surface area contributed by atoms with Gasteiger partial charge < -0.3 is 14.5 Å². The Bertz CT molecular complexity index is 386. The fourth-order valence-corrected chi connectivity index (χ4v) is 4.36. The van der Waals surface area contributed by atoms with E-state index in [2.05, 4.69) is 4.90 Å². The van der Waals surface area contributed by atoms with Crippen molar-refractivity contribution in [2.75, 3.05) is 39.3 Å². The monoisotopic (exact) mass is 292 g/mol. The maximum absolute atomic E-state index is 12.2. The molecule has 1 saturated carbocycles. The number of carbonyl (C=O) groups excluding carboxylic acids is 1. The third-order valence-electron chi connectivity index (χ3n) is 6.07. The zero-order valence-corrected chi connectivity index (χ0v) is 13.1. The van der Waals surface area contributed by atoms with Crippen LogP contribution in [0.15, 0.2) is 0 Å². The summed E-state index contributed by atoms with van der Waals surface area (Å²) in [7, 11) is 0. The van der Waals surface area contributed by atoms with Crippen molar-refractivity contribution in [1.29, 1.82) is 0 Å². The second-order valence-corrected chi connectivity index (χ2v) is 7.73. The molecule has 3 aliphatic heterocycles. The molecule has 4 nitrogen and oxygen atoms in total. The van der Waals surface area contributed by atoms with Gasteiger partial charge in [0.2, 0.25) is 5.91 Å². The Morgan fingerprint density at radius 3 is 2.43 bits per heavy atom. The van der Waals surface area contributed by atoms with Crippen molar-refractivity contribution in [3.63, 3.8) is 0 Å². The second kappa shape index (κ2) is 5.54. The Labute approximate surface area is 127 Å². The van der Waals surface area contributed by atoms with Crippen molar-refractivity contribution < 1.29 is 9.53 Å². The minimum atomic E-state index is 0.0287. The molecule has 0 aromatic heterocycles. The van der Waals surface area contributed by atoms with Crippen molar-refractivity contribution >= 4 is 5.91 Å². The lowest BCUT2D eigenvalue weighted by Gasteiger charge is -2.54. The summed E-state index contributed by atoms with van der Waals surface area (Å²) in [5.41, 5.74) is 0.0287. The van der Waals surface area contributed by atoms with E-state index >= 15 is 0 Å². The minimum absolute atomic E-state index is 0.0287. The number of likely N-dealkylation sites (tertiary alicyclic amines) is 2. The Morgan fingerprint density at radius 1 is 1.10 bits per heavy atom. The standard InChI is InChI=1S/C17H28N2O2/c20-16(15-4-3-5-15)19-12-17(13-19)7-6-14(11-21-17)10-18-8-1-2-9-18/h14-15H,1-13H2/t14-/m0/s1. The van der Waals surface area contributed by atoms with Crippen LogP contribution in [0, 0.1) is 11.8 Å². The van der Waals surface area contributed by atoms with Crippen molar-refractivity contribution in [3.05, 3.63) is 0 Å². The molecule has 0 N–H and O–H groups in total. The molecule has 4 aliphatic rings. The molecule has 0 unspecified atom stereocenters. The summed E-state index contributed by atoms with van der Waals surface area (Å²) >= 11 is 0. The van der Waals surface area contributed by atoms with E-state index in [1.807, 2.05) is 4.90 Å². The molecule has 1 aliphatic carbocycles. The SMILES string of the molecule is O=C(C1CCC1)N1CC2(CC[C@@H](CN3CCCC3)CO2)C1. The lowest BCUT2D eigenvalue weighted by atomic mass is 9.79. The summed E-state index contributed by atoms with van der Waals surface area (Å²) < 4.78 is 6.22. The second-order valence-electron chi connectivity index (χ2n) is 7.73. The minimum Gasteiger partial charge on any atom is -0.371 e. The van der Waals surface area contributed by atoms with E-state index in [9.17, 15) is 4.79 Å². The van der Waals surface area contributed by atoms with Gasteiger partial charge in [-0.25, -0.2) is 0 Å². The Hall–Kier alpha value is -0.610. The van der Waals surface area contributed by atoms with Crippen LogP contribution in [0.4, 0.5) is 0 Å². The molecular formula is C17H28N2O2. The third kappa shape index (κ3) is 2.72. The summed E-state index contributed by atoms with van der Waals surface area (Å²) in [5, 5.41) is 0.